The summed E-state index contributed by atoms with van der Waals surface area (Å²) < 4.78 is 25.9. The van der Waals surface area contributed by atoms with Gasteiger partial charge >= 0.3 is 0 Å². The Morgan fingerprint density at radius 1 is 1.07 bits per heavy atom. The van der Waals surface area contributed by atoms with Gasteiger partial charge in [0.2, 0.25) is 21.8 Å². The highest BCUT2D eigenvalue weighted by molar-refractivity contribution is 7.92. The minimum Gasteiger partial charge on any atom is -0.357 e. The van der Waals surface area contributed by atoms with E-state index in [1.165, 1.54) is 11.9 Å². The first-order chi connectivity index (χ1) is 13.6. The molecule has 0 saturated carbocycles. The molecular formula is C21H27N3O4S. The Hall–Kier alpha value is -2.87. The van der Waals surface area contributed by atoms with Crippen LogP contribution in [0.4, 0.5) is 5.69 Å². The fraction of sp³-hybridized carbons (Fsp3) is 0.333. The third kappa shape index (κ3) is 6.05. The lowest BCUT2D eigenvalue weighted by Crippen LogP contribution is -2.50. The van der Waals surface area contributed by atoms with Crippen molar-refractivity contribution in [2.45, 2.75) is 26.4 Å². The van der Waals surface area contributed by atoms with Crippen LogP contribution in [0.5, 0.6) is 0 Å². The van der Waals surface area contributed by atoms with Crippen LogP contribution in [0, 0.1) is 6.92 Å². The smallest absolute Gasteiger partial charge is 0.244 e. The van der Waals surface area contributed by atoms with E-state index in [1.807, 2.05) is 43.3 Å². The maximum Gasteiger partial charge on any atom is 0.244 e. The number of nitrogens with one attached hydrogen (secondary N) is 1. The van der Waals surface area contributed by atoms with Crippen molar-refractivity contribution in [2.75, 3.05) is 24.2 Å². The third-order valence-electron chi connectivity index (χ3n) is 4.58. The Bertz CT molecular complexity index is 961. The van der Waals surface area contributed by atoms with Crippen LogP contribution in [0.1, 0.15) is 18.1 Å². The average molecular weight is 418 g/mol. The van der Waals surface area contributed by atoms with Gasteiger partial charge in [0.1, 0.15) is 12.6 Å². The van der Waals surface area contributed by atoms with E-state index in [-0.39, 0.29) is 12.5 Å². The molecular weight excluding hydrogens is 390 g/mol. The Morgan fingerprint density at radius 3 is 2.28 bits per heavy atom. The van der Waals surface area contributed by atoms with E-state index in [0.29, 0.717) is 5.69 Å². The summed E-state index contributed by atoms with van der Waals surface area (Å²) in [5, 5.41) is 2.54. The van der Waals surface area contributed by atoms with Gasteiger partial charge in [0.15, 0.2) is 0 Å². The van der Waals surface area contributed by atoms with Crippen LogP contribution in [-0.2, 0) is 26.2 Å². The average Bonchev–Trinajstić information content (AvgIpc) is 2.68. The number of hydrogen-bond acceptors (Lipinski definition) is 4. The normalized spacial score (nSPS) is 12.1. The predicted molar refractivity (Wildman–Crippen MR) is 114 cm³/mol. The molecule has 1 atom stereocenters. The van der Waals surface area contributed by atoms with Crippen LogP contribution in [0.3, 0.4) is 0 Å². The summed E-state index contributed by atoms with van der Waals surface area (Å²) in [6.45, 7) is 3.27. The van der Waals surface area contributed by atoms with Gasteiger partial charge in [-0.15, -0.1) is 0 Å². The number of likely N-dealkylation sites (N-methyl/N-ethyl adjacent to an activating group) is 1. The van der Waals surface area contributed by atoms with E-state index >= 15 is 0 Å². The van der Waals surface area contributed by atoms with Crippen molar-refractivity contribution in [3.63, 3.8) is 0 Å². The lowest BCUT2D eigenvalue weighted by molar-refractivity contribution is -0.139. The Labute approximate surface area is 172 Å². The van der Waals surface area contributed by atoms with Gasteiger partial charge in [-0.2, -0.15) is 0 Å². The SMILES string of the molecule is CNC(=O)C(C)N(Cc1ccccc1)C(=O)CN(c1cccc(C)c1)S(C)(=O)=O. The monoisotopic (exact) mass is 417 g/mol. The van der Waals surface area contributed by atoms with E-state index < -0.39 is 28.5 Å². The van der Waals surface area contributed by atoms with E-state index in [0.717, 1.165) is 21.7 Å². The van der Waals surface area contributed by atoms with Crippen LogP contribution in [0.2, 0.25) is 0 Å². The van der Waals surface area contributed by atoms with Gasteiger partial charge in [0.05, 0.1) is 11.9 Å². The maximum absolute atomic E-state index is 13.2. The molecule has 2 aromatic carbocycles. The molecule has 0 aliphatic heterocycles. The number of rotatable bonds is 8. The van der Waals surface area contributed by atoms with Crippen molar-refractivity contribution in [2.24, 2.45) is 0 Å². The molecule has 0 aliphatic carbocycles. The number of nitrogens with zero attached hydrogens (tertiary/aromatic N) is 2. The molecule has 0 spiro atoms. The predicted octanol–water partition coefficient (Wildman–Crippen LogP) is 1.92. The number of amides is 2. The zero-order valence-corrected chi connectivity index (χ0v) is 17.9. The van der Waals surface area contributed by atoms with Crippen LogP contribution in [-0.4, -0.2) is 51.0 Å². The molecule has 1 N–H and O–H groups in total. The summed E-state index contributed by atoms with van der Waals surface area (Å²) >= 11 is 0. The fourth-order valence-electron chi connectivity index (χ4n) is 2.97. The highest BCUT2D eigenvalue weighted by Gasteiger charge is 2.29. The standard InChI is InChI=1S/C21H27N3O4S/c1-16-9-8-12-19(13-16)24(29(4,27)28)15-20(25)23(17(2)21(26)22-3)14-18-10-6-5-7-11-18/h5-13,17H,14-15H2,1-4H3,(H,22,26). The highest BCUT2D eigenvalue weighted by Crippen LogP contribution is 2.20. The second-order valence-corrected chi connectivity index (χ2v) is 8.81. The molecule has 8 heteroatoms. The van der Waals surface area contributed by atoms with Crippen LogP contribution >= 0.6 is 0 Å². The van der Waals surface area contributed by atoms with Crippen LogP contribution < -0.4 is 9.62 Å². The summed E-state index contributed by atoms with van der Waals surface area (Å²) in [6.07, 6.45) is 1.06. The van der Waals surface area contributed by atoms with Crippen molar-refractivity contribution in [3.8, 4) is 0 Å². The number of hydrogen-bond donors (Lipinski definition) is 1. The van der Waals surface area contributed by atoms with Crippen molar-refractivity contribution in [1.82, 2.24) is 10.2 Å². The maximum atomic E-state index is 13.2. The number of carbonyl (C=O) groups is 2. The largest absolute Gasteiger partial charge is 0.357 e. The summed E-state index contributed by atoms with van der Waals surface area (Å²) in [4.78, 5) is 26.8. The van der Waals surface area contributed by atoms with Crippen molar-refractivity contribution >= 4 is 27.5 Å². The molecule has 2 amide bonds. The van der Waals surface area contributed by atoms with E-state index in [9.17, 15) is 18.0 Å². The summed E-state index contributed by atoms with van der Waals surface area (Å²) in [7, 11) is -2.20. The minimum absolute atomic E-state index is 0.194. The van der Waals surface area contributed by atoms with Crippen molar-refractivity contribution in [3.05, 3.63) is 65.7 Å². The molecule has 7 nitrogen and oxygen atoms in total. The summed E-state index contributed by atoms with van der Waals surface area (Å²) in [5.41, 5.74) is 2.13. The number of sulfonamides is 1. The highest BCUT2D eigenvalue weighted by atomic mass is 32.2. The first kappa shape index (κ1) is 22.4. The van der Waals surface area contributed by atoms with Crippen LogP contribution in [0.15, 0.2) is 54.6 Å². The first-order valence-corrected chi connectivity index (χ1v) is 11.1. The number of aryl methyl sites for hydroxylation is 1. The third-order valence-corrected chi connectivity index (χ3v) is 5.72. The molecule has 0 fully saturated rings. The van der Waals surface area contributed by atoms with Gasteiger partial charge < -0.3 is 10.2 Å². The zero-order chi connectivity index (χ0) is 21.6. The number of benzene rings is 2. The lowest BCUT2D eigenvalue weighted by Gasteiger charge is -2.31. The summed E-state index contributed by atoms with van der Waals surface area (Å²) in [5.74, 6) is -0.785. The Morgan fingerprint density at radius 2 is 1.72 bits per heavy atom. The van der Waals surface area contributed by atoms with E-state index in [1.54, 1.807) is 25.1 Å². The molecule has 2 aromatic rings. The second kappa shape index (κ2) is 9.56. The lowest BCUT2D eigenvalue weighted by atomic mass is 10.1. The molecule has 0 aromatic heterocycles. The molecule has 0 bridgehead atoms. The summed E-state index contributed by atoms with van der Waals surface area (Å²) in [6, 6.07) is 15.4. The van der Waals surface area contributed by atoms with Gasteiger partial charge in [-0.05, 0) is 37.1 Å². The van der Waals surface area contributed by atoms with Gasteiger partial charge in [0.25, 0.3) is 0 Å². The second-order valence-electron chi connectivity index (χ2n) is 6.91. The fourth-order valence-corrected chi connectivity index (χ4v) is 3.81. The van der Waals surface area contributed by atoms with E-state index in [4.69, 9.17) is 0 Å². The van der Waals surface area contributed by atoms with Crippen molar-refractivity contribution in [1.29, 1.82) is 0 Å². The first-order valence-electron chi connectivity index (χ1n) is 9.23. The quantitative estimate of drug-likeness (QED) is 0.711. The van der Waals surface area contributed by atoms with Gasteiger partial charge in [0, 0.05) is 13.6 Å². The van der Waals surface area contributed by atoms with Crippen molar-refractivity contribution < 1.29 is 18.0 Å². The van der Waals surface area contributed by atoms with Gasteiger partial charge in [-0.3, -0.25) is 13.9 Å². The van der Waals surface area contributed by atoms with Crippen LogP contribution in [0.25, 0.3) is 0 Å². The van der Waals surface area contributed by atoms with Gasteiger partial charge in [-0.1, -0.05) is 42.5 Å². The zero-order valence-electron chi connectivity index (χ0n) is 17.1. The molecule has 2 rings (SSSR count). The number of anilines is 1. The Kier molecular flexibility index (Phi) is 7.39. The molecule has 1 unspecified atom stereocenters. The molecule has 0 radical (unpaired) electrons. The molecule has 156 valence electrons. The minimum atomic E-state index is -3.70. The molecule has 0 heterocycles. The number of carbonyl (C=O) groups excluding carboxylic acids is 2. The molecule has 0 saturated heterocycles. The molecule has 29 heavy (non-hydrogen) atoms. The molecule has 0 aliphatic rings. The van der Waals surface area contributed by atoms with E-state index in [2.05, 4.69) is 5.32 Å². The topological polar surface area (TPSA) is 86.8 Å². The Balaban J connectivity index is 2.36. The van der Waals surface area contributed by atoms with Gasteiger partial charge in [-0.25, -0.2) is 8.42 Å².